The summed E-state index contributed by atoms with van der Waals surface area (Å²) in [6.07, 6.45) is 3.63. The first-order valence-electron chi connectivity index (χ1n) is 9.75. The SMILES string of the molecule is C=C(S/C(C)=N\N)[C@@H]1CC[C@@H]1c1nc2c(cnn2C2CCC(F)(F)CC2)c(=O)[nH]1. The number of thioether (sulfide) groups is 1. The molecule has 2 aliphatic rings. The van der Waals surface area contributed by atoms with Crippen molar-refractivity contribution in [3.63, 3.8) is 0 Å². The van der Waals surface area contributed by atoms with Crippen LogP contribution in [-0.2, 0) is 0 Å². The van der Waals surface area contributed by atoms with Gasteiger partial charge in [-0.15, -0.1) is 0 Å². The van der Waals surface area contributed by atoms with E-state index in [1.807, 2.05) is 6.92 Å². The third-order valence-electron chi connectivity index (χ3n) is 6.01. The lowest BCUT2D eigenvalue weighted by Crippen LogP contribution is -2.29. The number of halogens is 2. The minimum Gasteiger partial charge on any atom is -0.323 e. The summed E-state index contributed by atoms with van der Waals surface area (Å²) in [5, 5.41) is 9.10. The van der Waals surface area contributed by atoms with Crippen molar-refractivity contribution in [3.05, 3.63) is 33.9 Å². The van der Waals surface area contributed by atoms with Gasteiger partial charge in [-0.2, -0.15) is 10.2 Å². The van der Waals surface area contributed by atoms with Gasteiger partial charge in [-0.25, -0.2) is 18.4 Å². The number of hydrazone groups is 1. The Balaban J connectivity index is 1.62. The van der Waals surface area contributed by atoms with E-state index in [-0.39, 0.29) is 36.3 Å². The first kappa shape index (κ1) is 20.1. The van der Waals surface area contributed by atoms with E-state index < -0.39 is 5.92 Å². The molecule has 0 saturated heterocycles. The van der Waals surface area contributed by atoms with Gasteiger partial charge in [0, 0.05) is 18.8 Å². The lowest BCUT2D eigenvalue weighted by atomic mass is 9.73. The van der Waals surface area contributed by atoms with Crippen molar-refractivity contribution >= 4 is 27.8 Å². The molecule has 0 aromatic carbocycles. The van der Waals surface area contributed by atoms with Gasteiger partial charge in [0.2, 0.25) is 5.92 Å². The van der Waals surface area contributed by atoms with Gasteiger partial charge in [0.25, 0.3) is 5.56 Å². The van der Waals surface area contributed by atoms with Crippen LogP contribution in [0.5, 0.6) is 0 Å². The van der Waals surface area contributed by atoms with Gasteiger partial charge in [0.05, 0.1) is 17.3 Å². The molecule has 0 bridgehead atoms. The summed E-state index contributed by atoms with van der Waals surface area (Å²) in [6, 6.07) is -0.166. The van der Waals surface area contributed by atoms with Gasteiger partial charge >= 0.3 is 0 Å². The molecule has 2 fully saturated rings. The second-order valence-corrected chi connectivity index (χ2v) is 9.19. The van der Waals surface area contributed by atoms with Crippen molar-refractivity contribution in [1.82, 2.24) is 19.7 Å². The molecule has 2 aromatic heterocycles. The highest BCUT2D eigenvalue weighted by atomic mass is 32.2. The number of H-pyrrole nitrogens is 1. The number of alkyl halides is 2. The summed E-state index contributed by atoms with van der Waals surface area (Å²) >= 11 is 1.44. The number of allylic oxidation sites excluding steroid dienone is 1. The van der Waals surface area contributed by atoms with Gasteiger partial charge in [-0.1, -0.05) is 18.3 Å². The predicted octanol–water partition coefficient (Wildman–Crippen LogP) is 3.90. The van der Waals surface area contributed by atoms with Gasteiger partial charge in [0.1, 0.15) is 11.2 Å². The number of nitrogens with two attached hydrogens (primary N) is 1. The number of rotatable bonds is 4. The first-order valence-corrected chi connectivity index (χ1v) is 10.6. The standard InChI is InChI=1S/C19H24F2N6OS/c1-10(29-11(2)26-22)13-3-4-14(13)16-24-17-15(18(28)25-16)9-23-27(17)12-5-7-19(20,21)8-6-12/h9,12-14H,1,3-8,22H2,2H3,(H,24,25,28)/b26-11-/t13-,14-/m0/s1. The average Bonchev–Trinajstić information content (AvgIpc) is 3.05. The molecule has 0 unspecified atom stereocenters. The Morgan fingerprint density at radius 2 is 2.10 bits per heavy atom. The van der Waals surface area contributed by atoms with E-state index in [0.717, 1.165) is 22.8 Å². The Labute approximate surface area is 170 Å². The topological polar surface area (TPSA) is 102 Å². The molecule has 2 heterocycles. The van der Waals surface area contributed by atoms with Crippen LogP contribution in [0.25, 0.3) is 11.0 Å². The summed E-state index contributed by atoms with van der Waals surface area (Å²) in [7, 11) is 0. The molecule has 2 aromatic rings. The largest absolute Gasteiger partial charge is 0.323 e. The number of fused-ring (bicyclic) bond motifs is 1. The molecule has 0 radical (unpaired) electrons. The molecule has 2 atom stereocenters. The molecule has 0 spiro atoms. The highest BCUT2D eigenvalue weighted by Crippen LogP contribution is 2.48. The van der Waals surface area contributed by atoms with Gasteiger partial charge < -0.3 is 10.8 Å². The quantitative estimate of drug-likeness (QED) is 0.337. The third-order valence-corrected chi connectivity index (χ3v) is 6.98. The minimum atomic E-state index is -2.61. The zero-order valence-electron chi connectivity index (χ0n) is 16.2. The molecule has 7 nitrogen and oxygen atoms in total. The van der Waals surface area contributed by atoms with Crippen molar-refractivity contribution in [2.24, 2.45) is 16.9 Å². The van der Waals surface area contributed by atoms with E-state index >= 15 is 0 Å². The number of hydrogen-bond acceptors (Lipinski definition) is 6. The third kappa shape index (κ3) is 3.82. The lowest BCUT2D eigenvalue weighted by molar-refractivity contribution is -0.0446. The Hall–Kier alpha value is -2.23. The number of aromatic amines is 1. The van der Waals surface area contributed by atoms with Crippen LogP contribution in [0.4, 0.5) is 8.78 Å². The van der Waals surface area contributed by atoms with Crippen LogP contribution in [0.15, 0.2) is 27.6 Å². The minimum absolute atomic E-state index is 0.0525. The van der Waals surface area contributed by atoms with Crippen LogP contribution in [0.2, 0.25) is 0 Å². The Morgan fingerprint density at radius 1 is 1.38 bits per heavy atom. The lowest BCUT2D eigenvalue weighted by Gasteiger charge is -2.36. The highest BCUT2D eigenvalue weighted by molar-refractivity contribution is 8.17. The fraction of sp³-hybridized carbons (Fsp3) is 0.579. The molecule has 4 rings (SSSR count). The smallest absolute Gasteiger partial charge is 0.262 e. The first-order chi connectivity index (χ1) is 13.8. The maximum Gasteiger partial charge on any atom is 0.262 e. The molecular weight excluding hydrogens is 398 g/mol. The number of nitrogens with one attached hydrogen (secondary N) is 1. The maximum atomic E-state index is 13.5. The maximum absolute atomic E-state index is 13.5. The summed E-state index contributed by atoms with van der Waals surface area (Å²) < 4.78 is 28.7. The fourth-order valence-corrected chi connectivity index (χ4v) is 5.04. The van der Waals surface area contributed by atoms with Crippen molar-refractivity contribution < 1.29 is 8.78 Å². The summed E-state index contributed by atoms with van der Waals surface area (Å²) in [4.78, 5) is 21.2. The van der Waals surface area contributed by atoms with Gasteiger partial charge in [-0.05, 0) is 43.4 Å². The molecule has 10 heteroatoms. The van der Waals surface area contributed by atoms with Crippen LogP contribution < -0.4 is 11.4 Å². The fourth-order valence-electron chi connectivity index (χ4n) is 4.17. The van der Waals surface area contributed by atoms with Crippen molar-refractivity contribution in [1.29, 1.82) is 0 Å². The second-order valence-electron chi connectivity index (χ2n) is 7.87. The van der Waals surface area contributed by atoms with Crippen LogP contribution in [0.1, 0.15) is 63.2 Å². The van der Waals surface area contributed by atoms with Crippen molar-refractivity contribution in [2.45, 2.75) is 63.3 Å². The average molecular weight is 423 g/mol. The van der Waals surface area contributed by atoms with E-state index in [1.165, 1.54) is 18.0 Å². The van der Waals surface area contributed by atoms with E-state index in [9.17, 15) is 13.6 Å². The molecule has 156 valence electrons. The van der Waals surface area contributed by atoms with Crippen LogP contribution >= 0.6 is 11.8 Å². The predicted molar refractivity (Wildman–Crippen MR) is 110 cm³/mol. The zero-order chi connectivity index (χ0) is 20.8. The molecule has 3 N–H and O–H groups in total. The van der Waals surface area contributed by atoms with E-state index in [1.54, 1.807) is 4.68 Å². The molecule has 0 amide bonds. The number of hydrogen-bond donors (Lipinski definition) is 2. The number of aromatic nitrogens is 4. The molecular formula is C19H24F2N6OS. The Bertz CT molecular complexity index is 1020. The molecule has 29 heavy (non-hydrogen) atoms. The summed E-state index contributed by atoms with van der Waals surface area (Å²) in [5.74, 6) is 3.52. The Morgan fingerprint density at radius 3 is 2.72 bits per heavy atom. The molecule has 0 aliphatic heterocycles. The van der Waals surface area contributed by atoms with Crippen molar-refractivity contribution in [3.8, 4) is 0 Å². The van der Waals surface area contributed by atoms with E-state index in [2.05, 4.69) is 21.8 Å². The number of nitrogens with zero attached hydrogens (tertiary/aromatic N) is 4. The normalized spacial score (nSPS) is 25.1. The van der Waals surface area contributed by atoms with Crippen molar-refractivity contribution in [2.75, 3.05) is 0 Å². The van der Waals surface area contributed by atoms with E-state index in [4.69, 9.17) is 10.8 Å². The summed E-state index contributed by atoms with van der Waals surface area (Å²) in [5.41, 5.74) is 0.226. The van der Waals surface area contributed by atoms with Crippen LogP contribution in [0.3, 0.4) is 0 Å². The second kappa shape index (κ2) is 7.55. The molecule has 2 aliphatic carbocycles. The monoisotopic (exact) mass is 422 g/mol. The Kier molecular flexibility index (Phi) is 5.22. The van der Waals surface area contributed by atoms with Gasteiger partial charge in [-0.3, -0.25) is 4.79 Å². The molecule has 2 saturated carbocycles. The van der Waals surface area contributed by atoms with Crippen LogP contribution in [0, 0.1) is 5.92 Å². The highest BCUT2D eigenvalue weighted by Gasteiger charge is 2.38. The van der Waals surface area contributed by atoms with Gasteiger partial charge in [0.15, 0.2) is 5.65 Å². The van der Waals surface area contributed by atoms with Crippen LogP contribution in [-0.4, -0.2) is 30.7 Å². The summed E-state index contributed by atoms with van der Waals surface area (Å²) in [6.45, 7) is 5.96. The van der Waals surface area contributed by atoms with E-state index in [0.29, 0.717) is 29.7 Å². The zero-order valence-corrected chi connectivity index (χ0v) is 17.0.